The van der Waals surface area contributed by atoms with E-state index in [1.54, 1.807) is 0 Å². The summed E-state index contributed by atoms with van der Waals surface area (Å²) in [5, 5.41) is 15.6. The number of anilines is 1. The third-order valence-corrected chi connectivity index (χ3v) is 4.97. The number of hydrogen-bond donors (Lipinski definition) is 1. The van der Waals surface area contributed by atoms with Crippen LogP contribution in [-0.2, 0) is 12.8 Å². The third-order valence-electron chi connectivity index (χ3n) is 4.97. The molecular weight excluding hydrogens is 451 g/mol. The lowest BCUT2D eigenvalue weighted by Crippen LogP contribution is -2.04. The summed E-state index contributed by atoms with van der Waals surface area (Å²) in [5.74, 6) is 0.136. The van der Waals surface area contributed by atoms with Gasteiger partial charge in [-0.15, -0.1) is 0 Å². The van der Waals surface area contributed by atoms with Gasteiger partial charge in [0.25, 0.3) is 0 Å². The fourth-order valence-electron chi connectivity index (χ4n) is 3.14. The molecule has 0 saturated carbocycles. The normalized spacial score (nSPS) is 11.5. The number of aryl methyl sites for hydroxylation is 2. The molecule has 34 heavy (non-hydrogen) atoms. The molecule has 0 aromatic heterocycles. The molecule has 0 unspecified atom stereocenters. The van der Waals surface area contributed by atoms with Crippen molar-refractivity contribution in [2.24, 2.45) is 5.10 Å². The topological polar surface area (TPSA) is 86.0 Å². The van der Waals surface area contributed by atoms with Crippen LogP contribution in [0.5, 0.6) is 11.5 Å². The summed E-state index contributed by atoms with van der Waals surface area (Å²) in [5.41, 5.74) is 5.08. The Bertz CT molecular complexity index is 1210. The van der Waals surface area contributed by atoms with Gasteiger partial charge >= 0.3 is 11.9 Å². The summed E-state index contributed by atoms with van der Waals surface area (Å²) >= 11 is 0. The van der Waals surface area contributed by atoms with Crippen LogP contribution in [0.2, 0.25) is 0 Å². The minimum Gasteiger partial charge on any atom is -0.493 e. The first kappa shape index (κ1) is 24.6. The molecule has 0 fully saturated rings. The van der Waals surface area contributed by atoms with Crippen molar-refractivity contribution in [3.63, 3.8) is 0 Å². The fraction of sp³-hybridized carbons (Fsp3) is 0.208. The van der Waals surface area contributed by atoms with E-state index in [-0.39, 0.29) is 23.8 Å². The van der Waals surface area contributed by atoms with Gasteiger partial charge in [-0.25, -0.2) is 0 Å². The number of benzene rings is 3. The molecule has 0 heterocycles. The molecule has 3 aromatic rings. The van der Waals surface area contributed by atoms with Gasteiger partial charge < -0.3 is 9.47 Å². The van der Waals surface area contributed by atoms with Crippen molar-refractivity contribution in [1.82, 2.24) is 0 Å². The van der Waals surface area contributed by atoms with Gasteiger partial charge in [0.05, 0.1) is 29.5 Å². The molecule has 0 bridgehead atoms. The number of hydrazone groups is 1. The zero-order valence-electron chi connectivity index (χ0n) is 18.6. The van der Waals surface area contributed by atoms with E-state index in [0.29, 0.717) is 11.3 Å². The predicted molar refractivity (Wildman–Crippen MR) is 123 cm³/mol. The third kappa shape index (κ3) is 6.03. The van der Waals surface area contributed by atoms with Gasteiger partial charge in [0.15, 0.2) is 5.75 Å². The number of methoxy groups -OCH3 is 1. The van der Waals surface area contributed by atoms with E-state index in [1.807, 2.05) is 32.0 Å². The Hall–Kier alpha value is -4.08. The highest BCUT2D eigenvalue weighted by molar-refractivity contribution is 5.83. The van der Waals surface area contributed by atoms with Crippen LogP contribution >= 0.6 is 0 Å². The Balaban J connectivity index is 1.80. The Morgan fingerprint density at radius 1 is 1.09 bits per heavy atom. The van der Waals surface area contributed by atoms with Gasteiger partial charge in [-0.2, -0.15) is 18.3 Å². The molecule has 0 atom stereocenters. The molecule has 0 aliphatic carbocycles. The van der Waals surface area contributed by atoms with Crippen molar-refractivity contribution in [2.75, 3.05) is 12.5 Å². The number of alkyl halides is 3. The zero-order chi connectivity index (χ0) is 24.9. The molecule has 0 amide bonds. The summed E-state index contributed by atoms with van der Waals surface area (Å²) in [6.07, 6.45) is -3.14. The Labute approximate surface area is 194 Å². The summed E-state index contributed by atoms with van der Waals surface area (Å²) in [6, 6.07) is 13.0. The van der Waals surface area contributed by atoms with E-state index >= 15 is 0 Å². The molecular formula is C24H22F3N3O4. The van der Waals surface area contributed by atoms with E-state index in [0.717, 1.165) is 28.8 Å². The van der Waals surface area contributed by atoms with Gasteiger partial charge in [-0.1, -0.05) is 23.8 Å². The SMILES string of the molecule is COc1cc(C=NNc2ccc(C(F)(F)F)cc2)cc([N+](=O)[O-])c1OCc1cc(C)ccc1C. The first-order chi connectivity index (χ1) is 16.1. The van der Waals surface area contributed by atoms with Crippen LogP contribution in [0.1, 0.15) is 27.8 Å². The number of halogens is 3. The number of nitrogens with zero attached hydrogens (tertiary/aromatic N) is 2. The quantitative estimate of drug-likeness (QED) is 0.237. The Morgan fingerprint density at radius 3 is 2.41 bits per heavy atom. The van der Waals surface area contributed by atoms with Crippen molar-refractivity contribution >= 4 is 17.6 Å². The lowest BCUT2D eigenvalue weighted by Gasteiger charge is -2.13. The van der Waals surface area contributed by atoms with Crippen LogP contribution in [0, 0.1) is 24.0 Å². The zero-order valence-corrected chi connectivity index (χ0v) is 18.6. The Kier molecular flexibility index (Phi) is 7.40. The first-order valence-corrected chi connectivity index (χ1v) is 10.1. The molecule has 0 spiro atoms. The lowest BCUT2D eigenvalue weighted by molar-refractivity contribution is -0.386. The van der Waals surface area contributed by atoms with Gasteiger partial charge in [0.2, 0.25) is 5.75 Å². The smallest absolute Gasteiger partial charge is 0.416 e. The molecule has 1 N–H and O–H groups in total. The molecule has 7 nitrogen and oxygen atoms in total. The van der Waals surface area contributed by atoms with Crippen molar-refractivity contribution in [3.8, 4) is 11.5 Å². The number of ether oxygens (including phenoxy) is 2. The van der Waals surface area contributed by atoms with Gasteiger partial charge in [0, 0.05) is 11.6 Å². The summed E-state index contributed by atoms with van der Waals surface area (Å²) < 4.78 is 49.1. The largest absolute Gasteiger partial charge is 0.493 e. The molecule has 178 valence electrons. The van der Waals surface area contributed by atoms with Gasteiger partial charge in [-0.05, 0) is 55.3 Å². The number of hydrogen-bond acceptors (Lipinski definition) is 6. The van der Waals surface area contributed by atoms with Crippen LogP contribution in [0.15, 0.2) is 59.7 Å². The maximum atomic E-state index is 12.7. The van der Waals surface area contributed by atoms with E-state index < -0.39 is 16.7 Å². The van der Waals surface area contributed by atoms with Crippen molar-refractivity contribution in [2.45, 2.75) is 26.6 Å². The number of rotatable bonds is 8. The van der Waals surface area contributed by atoms with Gasteiger partial charge in [0.1, 0.15) is 6.61 Å². The molecule has 3 rings (SSSR count). The highest BCUT2D eigenvalue weighted by Crippen LogP contribution is 2.38. The van der Waals surface area contributed by atoms with Crippen LogP contribution in [0.3, 0.4) is 0 Å². The summed E-state index contributed by atoms with van der Waals surface area (Å²) in [7, 11) is 1.37. The average molecular weight is 473 g/mol. The van der Waals surface area contributed by atoms with Crippen LogP contribution in [0.4, 0.5) is 24.5 Å². The second-order valence-electron chi connectivity index (χ2n) is 7.49. The van der Waals surface area contributed by atoms with E-state index in [1.165, 1.54) is 37.6 Å². The van der Waals surface area contributed by atoms with Gasteiger partial charge in [-0.3, -0.25) is 15.5 Å². The van der Waals surface area contributed by atoms with Crippen molar-refractivity contribution < 1.29 is 27.6 Å². The van der Waals surface area contributed by atoms with Crippen LogP contribution in [-0.4, -0.2) is 18.2 Å². The van der Waals surface area contributed by atoms with Crippen molar-refractivity contribution in [1.29, 1.82) is 0 Å². The van der Waals surface area contributed by atoms with E-state index in [2.05, 4.69) is 10.5 Å². The highest BCUT2D eigenvalue weighted by Gasteiger charge is 2.30. The molecule has 0 saturated heterocycles. The van der Waals surface area contributed by atoms with Crippen LogP contribution < -0.4 is 14.9 Å². The minimum absolute atomic E-state index is 0.0127. The second-order valence-corrected chi connectivity index (χ2v) is 7.49. The number of nitrogens with one attached hydrogen (secondary N) is 1. The van der Waals surface area contributed by atoms with E-state index in [4.69, 9.17) is 9.47 Å². The van der Waals surface area contributed by atoms with Crippen molar-refractivity contribution in [3.05, 3.63) is 92.5 Å². The number of nitro groups is 1. The molecule has 0 aliphatic rings. The molecule has 10 heteroatoms. The average Bonchev–Trinajstić information content (AvgIpc) is 2.79. The van der Waals surface area contributed by atoms with E-state index in [9.17, 15) is 23.3 Å². The predicted octanol–water partition coefficient (Wildman–Crippen LogP) is 6.26. The lowest BCUT2D eigenvalue weighted by atomic mass is 10.1. The monoisotopic (exact) mass is 473 g/mol. The van der Waals surface area contributed by atoms with Crippen LogP contribution in [0.25, 0.3) is 0 Å². The molecule has 0 radical (unpaired) electrons. The molecule has 0 aliphatic heterocycles. The maximum Gasteiger partial charge on any atom is 0.416 e. The standard InChI is InChI=1S/C24H22F3N3O4/c1-15-4-5-16(2)18(10-15)14-34-23-21(30(31)32)11-17(12-22(23)33-3)13-28-29-20-8-6-19(7-9-20)24(25,26)27/h4-13,29H,14H2,1-3H3. The second kappa shape index (κ2) is 10.2. The Morgan fingerprint density at radius 2 is 1.79 bits per heavy atom. The minimum atomic E-state index is -4.43. The number of nitro benzene ring substituents is 1. The maximum absolute atomic E-state index is 12.7. The fourth-order valence-corrected chi connectivity index (χ4v) is 3.14. The molecule has 3 aromatic carbocycles. The summed E-state index contributed by atoms with van der Waals surface area (Å²) in [4.78, 5) is 11.1. The highest BCUT2D eigenvalue weighted by atomic mass is 19.4. The first-order valence-electron chi connectivity index (χ1n) is 10.1. The summed E-state index contributed by atoms with van der Waals surface area (Å²) in [6.45, 7) is 3.99.